The Kier molecular flexibility index (Phi) is 5.61. The molecule has 1 saturated heterocycles. The van der Waals surface area contributed by atoms with Crippen molar-refractivity contribution in [2.75, 3.05) is 39.3 Å². The highest BCUT2D eigenvalue weighted by Crippen LogP contribution is 2.18. The number of rotatable bonds is 6. The maximum absolute atomic E-state index is 12.2. The third-order valence-electron chi connectivity index (χ3n) is 4.41. The summed E-state index contributed by atoms with van der Waals surface area (Å²) in [6, 6.07) is 14.4. The van der Waals surface area contributed by atoms with Crippen molar-refractivity contribution in [1.82, 2.24) is 15.5 Å². The molecular formula is C19H25N3O. The second-order valence-corrected chi connectivity index (χ2v) is 6.11. The van der Waals surface area contributed by atoms with E-state index in [-0.39, 0.29) is 5.91 Å². The normalized spacial score (nSPS) is 15.7. The van der Waals surface area contributed by atoms with Gasteiger partial charge in [-0.05, 0) is 29.3 Å². The molecule has 0 aliphatic carbocycles. The number of fused-ring (bicyclic) bond motifs is 1. The fourth-order valence-corrected chi connectivity index (χ4v) is 3.15. The molecule has 1 amide bonds. The average molecular weight is 311 g/mol. The fraction of sp³-hybridized carbons (Fsp3) is 0.421. The summed E-state index contributed by atoms with van der Waals surface area (Å²) in [6.45, 7) is 6.21. The molecule has 3 rings (SSSR count). The Morgan fingerprint density at radius 2 is 1.87 bits per heavy atom. The minimum atomic E-state index is 0.113. The Hall–Kier alpha value is -1.91. The lowest BCUT2D eigenvalue weighted by Crippen LogP contribution is -2.44. The lowest BCUT2D eigenvalue weighted by molar-refractivity contribution is -0.120. The topological polar surface area (TPSA) is 44.4 Å². The van der Waals surface area contributed by atoms with E-state index in [1.807, 2.05) is 24.3 Å². The highest BCUT2D eigenvalue weighted by Gasteiger charge is 2.09. The largest absolute Gasteiger partial charge is 0.356 e. The Balaban J connectivity index is 1.45. The van der Waals surface area contributed by atoms with Gasteiger partial charge < -0.3 is 15.5 Å². The molecule has 0 radical (unpaired) electrons. The first-order chi connectivity index (χ1) is 11.3. The number of benzene rings is 2. The summed E-state index contributed by atoms with van der Waals surface area (Å²) >= 11 is 0. The number of nitrogens with zero attached hydrogens (tertiary/aromatic N) is 1. The van der Waals surface area contributed by atoms with Crippen LogP contribution in [0, 0.1) is 0 Å². The smallest absolute Gasteiger partial charge is 0.224 e. The van der Waals surface area contributed by atoms with Crippen LogP contribution in [-0.4, -0.2) is 50.1 Å². The summed E-state index contributed by atoms with van der Waals surface area (Å²) in [5, 5.41) is 8.77. The molecular weight excluding hydrogens is 286 g/mol. The van der Waals surface area contributed by atoms with Gasteiger partial charge in [0.15, 0.2) is 0 Å². The number of carbonyl (C=O) groups is 1. The minimum Gasteiger partial charge on any atom is -0.356 e. The quantitative estimate of drug-likeness (QED) is 0.800. The number of hydrogen-bond acceptors (Lipinski definition) is 3. The van der Waals surface area contributed by atoms with Crippen molar-refractivity contribution in [3.05, 3.63) is 48.0 Å². The Morgan fingerprint density at radius 1 is 1.09 bits per heavy atom. The predicted molar refractivity (Wildman–Crippen MR) is 94.6 cm³/mol. The van der Waals surface area contributed by atoms with Gasteiger partial charge in [-0.25, -0.2) is 0 Å². The van der Waals surface area contributed by atoms with Crippen molar-refractivity contribution in [2.45, 2.75) is 12.8 Å². The summed E-state index contributed by atoms with van der Waals surface area (Å²) in [5.41, 5.74) is 1.10. The van der Waals surface area contributed by atoms with Crippen LogP contribution in [0.3, 0.4) is 0 Å². The Morgan fingerprint density at radius 3 is 2.74 bits per heavy atom. The number of amides is 1. The summed E-state index contributed by atoms with van der Waals surface area (Å²) in [6.07, 6.45) is 1.47. The summed E-state index contributed by atoms with van der Waals surface area (Å²) in [7, 11) is 0. The molecule has 0 spiro atoms. The third kappa shape index (κ3) is 4.53. The summed E-state index contributed by atoms with van der Waals surface area (Å²) in [4.78, 5) is 14.6. The zero-order valence-corrected chi connectivity index (χ0v) is 13.6. The molecule has 23 heavy (non-hydrogen) atoms. The second-order valence-electron chi connectivity index (χ2n) is 6.11. The van der Waals surface area contributed by atoms with E-state index in [9.17, 15) is 4.79 Å². The van der Waals surface area contributed by atoms with Gasteiger partial charge >= 0.3 is 0 Å². The number of hydrogen-bond donors (Lipinski definition) is 2. The van der Waals surface area contributed by atoms with Crippen LogP contribution in [-0.2, 0) is 11.2 Å². The lowest BCUT2D eigenvalue weighted by atomic mass is 10.0. The van der Waals surface area contributed by atoms with E-state index in [1.165, 1.54) is 10.8 Å². The summed E-state index contributed by atoms with van der Waals surface area (Å²) < 4.78 is 0. The van der Waals surface area contributed by atoms with Gasteiger partial charge in [0.25, 0.3) is 0 Å². The molecule has 0 aromatic heterocycles. The predicted octanol–water partition coefficient (Wildman–Crippen LogP) is 1.79. The first-order valence-electron chi connectivity index (χ1n) is 8.49. The fourth-order valence-electron chi connectivity index (χ4n) is 3.15. The van der Waals surface area contributed by atoms with E-state index in [4.69, 9.17) is 0 Å². The van der Waals surface area contributed by atoms with Gasteiger partial charge in [-0.2, -0.15) is 0 Å². The van der Waals surface area contributed by atoms with Crippen molar-refractivity contribution in [3.63, 3.8) is 0 Å². The molecule has 4 nitrogen and oxygen atoms in total. The van der Waals surface area contributed by atoms with Crippen LogP contribution < -0.4 is 10.6 Å². The van der Waals surface area contributed by atoms with E-state index in [0.29, 0.717) is 6.42 Å². The molecule has 0 atom stereocenters. The molecule has 1 heterocycles. The molecule has 2 aromatic rings. The molecule has 1 aliphatic heterocycles. The molecule has 0 unspecified atom stereocenters. The van der Waals surface area contributed by atoms with Crippen LogP contribution in [0.25, 0.3) is 10.8 Å². The van der Waals surface area contributed by atoms with Crippen LogP contribution in [0.4, 0.5) is 0 Å². The van der Waals surface area contributed by atoms with E-state index in [2.05, 4.69) is 33.7 Å². The average Bonchev–Trinajstić information content (AvgIpc) is 2.60. The monoisotopic (exact) mass is 311 g/mol. The maximum Gasteiger partial charge on any atom is 0.224 e. The van der Waals surface area contributed by atoms with Crippen LogP contribution in [0.1, 0.15) is 12.0 Å². The molecule has 4 heteroatoms. The SMILES string of the molecule is O=C(Cc1cccc2ccccc12)NCCCN1CCNCC1. The first-order valence-corrected chi connectivity index (χ1v) is 8.49. The van der Waals surface area contributed by atoms with Crippen molar-refractivity contribution in [2.24, 2.45) is 0 Å². The van der Waals surface area contributed by atoms with Gasteiger partial charge in [0.05, 0.1) is 6.42 Å². The van der Waals surface area contributed by atoms with E-state index >= 15 is 0 Å². The van der Waals surface area contributed by atoms with E-state index in [0.717, 1.165) is 51.3 Å². The van der Waals surface area contributed by atoms with Gasteiger partial charge in [-0.3, -0.25) is 4.79 Å². The lowest BCUT2D eigenvalue weighted by Gasteiger charge is -2.27. The zero-order chi connectivity index (χ0) is 15.9. The van der Waals surface area contributed by atoms with Crippen molar-refractivity contribution in [1.29, 1.82) is 0 Å². The molecule has 2 aromatic carbocycles. The zero-order valence-electron chi connectivity index (χ0n) is 13.6. The van der Waals surface area contributed by atoms with Crippen LogP contribution >= 0.6 is 0 Å². The Bertz CT molecular complexity index is 645. The van der Waals surface area contributed by atoms with E-state index < -0.39 is 0 Å². The third-order valence-corrected chi connectivity index (χ3v) is 4.41. The molecule has 122 valence electrons. The molecule has 0 bridgehead atoms. The van der Waals surface area contributed by atoms with Gasteiger partial charge in [-0.1, -0.05) is 42.5 Å². The van der Waals surface area contributed by atoms with Crippen LogP contribution in [0.5, 0.6) is 0 Å². The van der Waals surface area contributed by atoms with Gasteiger partial charge in [0, 0.05) is 32.7 Å². The second kappa shape index (κ2) is 8.09. The highest BCUT2D eigenvalue weighted by atomic mass is 16.1. The van der Waals surface area contributed by atoms with Gasteiger partial charge in [0.1, 0.15) is 0 Å². The van der Waals surface area contributed by atoms with Gasteiger partial charge in [-0.15, -0.1) is 0 Å². The van der Waals surface area contributed by atoms with Crippen molar-refractivity contribution in [3.8, 4) is 0 Å². The van der Waals surface area contributed by atoms with Crippen molar-refractivity contribution >= 4 is 16.7 Å². The van der Waals surface area contributed by atoms with Crippen LogP contribution in [0.2, 0.25) is 0 Å². The number of piperazine rings is 1. The van der Waals surface area contributed by atoms with Gasteiger partial charge in [0.2, 0.25) is 5.91 Å². The molecule has 1 fully saturated rings. The van der Waals surface area contributed by atoms with Crippen molar-refractivity contribution < 1.29 is 4.79 Å². The Labute approximate surface area is 137 Å². The standard InChI is InChI=1S/C19H25N3O/c23-19(21-9-4-12-22-13-10-20-11-14-22)15-17-7-3-6-16-5-1-2-8-18(16)17/h1-3,5-8,20H,4,9-15H2,(H,21,23). The maximum atomic E-state index is 12.2. The number of carbonyl (C=O) groups excluding carboxylic acids is 1. The molecule has 2 N–H and O–H groups in total. The first kappa shape index (κ1) is 16.0. The number of nitrogens with one attached hydrogen (secondary N) is 2. The van der Waals surface area contributed by atoms with E-state index in [1.54, 1.807) is 0 Å². The van der Waals surface area contributed by atoms with Crippen LogP contribution in [0.15, 0.2) is 42.5 Å². The molecule has 0 saturated carbocycles. The minimum absolute atomic E-state index is 0.113. The molecule has 1 aliphatic rings. The summed E-state index contributed by atoms with van der Waals surface area (Å²) in [5.74, 6) is 0.113. The highest BCUT2D eigenvalue weighted by molar-refractivity contribution is 5.90.